The Hall–Kier alpha value is -2.64. The molecule has 1 aliphatic heterocycles. The molecule has 0 amide bonds. The molecule has 0 aliphatic carbocycles. The Labute approximate surface area is 178 Å². The minimum Gasteiger partial charge on any atom is -0.386 e. The second kappa shape index (κ2) is 7.00. The monoisotopic (exact) mass is 416 g/mol. The highest BCUT2D eigenvalue weighted by atomic mass is 35.5. The maximum Gasteiger partial charge on any atom is 0.165 e. The number of halogens is 1. The lowest BCUT2D eigenvalue weighted by atomic mass is 9.71. The van der Waals surface area contributed by atoms with Crippen molar-refractivity contribution in [3.05, 3.63) is 47.1 Å². The van der Waals surface area contributed by atoms with Crippen molar-refractivity contribution in [1.82, 2.24) is 20.2 Å². The summed E-state index contributed by atoms with van der Waals surface area (Å²) < 4.78 is 0. The Bertz CT molecular complexity index is 1050. The molecule has 7 nitrogen and oxygen atoms in total. The number of H-pyrrole nitrogens is 1. The molecule has 0 unspecified atom stereocenters. The molecular formula is C21H29ClN6O. The van der Waals surface area contributed by atoms with Gasteiger partial charge < -0.3 is 15.3 Å². The first-order valence-electron chi connectivity index (χ1n) is 9.55. The number of aromatic nitrogens is 4. The lowest BCUT2D eigenvalue weighted by molar-refractivity contribution is -0.0791. The van der Waals surface area contributed by atoms with Gasteiger partial charge in [0.25, 0.3) is 0 Å². The molecule has 1 aliphatic rings. The molecule has 0 saturated carbocycles. The number of hydrogen-bond donors (Lipinski definition) is 3. The Morgan fingerprint density at radius 2 is 1.90 bits per heavy atom. The molecular weight excluding hydrogens is 388 g/mol. The smallest absolute Gasteiger partial charge is 0.165 e. The number of nitrogens with one attached hydrogen (secondary N) is 2. The van der Waals surface area contributed by atoms with Crippen molar-refractivity contribution >= 4 is 29.1 Å². The molecule has 3 N–H and O–H groups in total. The van der Waals surface area contributed by atoms with Crippen LogP contribution in [0.15, 0.2) is 36.4 Å². The SMILES string of the molecule is Cc1cc(Nc2cc(N3CC(O)(C(C)(C)C)C3)nc(-c3ccccc3Cl)n2)n[nH]1.[HH].[HH]. The third kappa shape index (κ3) is 3.80. The number of anilines is 3. The second-order valence-electron chi connectivity index (χ2n) is 8.61. The number of β-amino-alcohol motifs (C(OH)–C–C–N with tert-alkyl or cyclic N) is 1. The predicted molar refractivity (Wildman–Crippen MR) is 120 cm³/mol. The first-order chi connectivity index (χ1) is 13.6. The van der Waals surface area contributed by atoms with Gasteiger partial charge in [0.1, 0.15) is 17.2 Å². The van der Waals surface area contributed by atoms with Crippen molar-refractivity contribution in [2.45, 2.75) is 33.3 Å². The standard InChI is InChI=1S/C21H25ClN6O.2H2/c1-13-9-17(27-26-13)23-16-10-18(28-11-21(29,12-28)20(2,3)4)25-19(24-16)14-7-5-6-8-15(14)22;;/h5-10,29H,11-12H2,1-4H3,(H2,23,24,25,26,27);2*1H. The van der Waals surface area contributed by atoms with Gasteiger partial charge in [0.2, 0.25) is 0 Å². The van der Waals surface area contributed by atoms with E-state index in [0.717, 1.165) is 17.1 Å². The van der Waals surface area contributed by atoms with Crippen LogP contribution in [0.2, 0.25) is 5.02 Å². The summed E-state index contributed by atoms with van der Waals surface area (Å²) in [7, 11) is 0. The highest BCUT2D eigenvalue weighted by Crippen LogP contribution is 2.40. The van der Waals surface area contributed by atoms with E-state index in [2.05, 4.69) is 20.5 Å². The minimum absolute atomic E-state index is 0. The molecule has 0 bridgehead atoms. The molecule has 1 aromatic carbocycles. The van der Waals surface area contributed by atoms with E-state index < -0.39 is 5.60 Å². The predicted octanol–water partition coefficient (Wildman–Crippen LogP) is 4.66. The molecule has 29 heavy (non-hydrogen) atoms. The van der Waals surface area contributed by atoms with Gasteiger partial charge in [-0.15, -0.1) is 0 Å². The number of aromatic amines is 1. The molecule has 0 atom stereocenters. The van der Waals surface area contributed by atoms with Crippen molar-refractivity contribution in [3.63, 3.8) is 0 Å². The lowest BCUT2D eigenvalue weighted by Crippen LogP contribution is -2.68. The summed E-state index contributed by atoms with van der Waals surface area (Å²) in [5, 5.41) is 21.8. The maximum atomic E-state index is 10.9. The number of aryl methyl sites for hydroxylation is 1. The van der Waals surface area contributed by atoms with Crippen molar-refractivity contribution in [3.8, 4) is 11.4 Å². The van der Waals surface area contributed by atoms with E-state index in [1.54, 1.807) is 0 Å². The summed E-state index contributed by atoms with van der Waals surface area (Å²) >= 11 is 6.39. The third-order valence-corrected chi connectivity index (χ3v) is 5.74. The Balaban J connectivity index is 0.00000171. The van der Waals surface area contributed by atoms with Crippen LogP contribution >= 0.6 is 11.6 Å². The van der Waals surface area contributed by atoms with Crippen LogP contribution in [-0.4, -0.2) is 44.0 Å². The summed E-state index contributed by atoms with van der Waals surface area (Å²) in [5.74, 6) is 2.54. The molecule has 1 saturated heterocycles. The maximum absolute atomic E-state index is 10.9. The van der Waals surface area contributed by atoms with Gasteiger partial charge >= 0.3 is 0 Å². The summed E-state index contributed by atoms with van der Waals surface area (Å²) in [6.45, 7) is 9.10. The highest BCUT2D eigenvalue weighted by molar-refractivity contribution is 6.33. The van der Waals surface area contributed by atoms with Gasteiger partial charge in [-0.1, -0.05) is 44.5 Å². The number of hydrogen-bond acceptors (Lipinski definition) is 6. The molecule has 0 radical (unpaired) electrons. The van der Waals surface area contributed by atoms with Crippen LogP contribution in [0, 0.1) is 12.3 Å². The van der Waals surface area contributed by atoms with Crippen molar-refractivity contribution in [2.24, 2.45) is 5.41 Å². The first kappa shape index (κ1) is 19.7. The van der Waals surface area contributed by atoms with Gasteiger partial charge in [-0.05, 0) is 24.5 Å². The average Bonchev–Trinajstić information content (AvgIpc) is 3.02. The first-order valence-corrected chi connectivity index (χ1v) is 9.93. The minimum atomic E-state index is -0.755. The van der Waals surface area contributed by atoms with Gasteiger partial charge in [0.05, 0.1) is 18.1 Å². The fourth-order valence-electron chi connectivity index (χ4n) is 3.26. The molecule has 3 aromatic rings. The van der Waals surface area contributed by atoms with E-state index in [9.17, 15) is 5.11 Å². The van der Waals surface area contributed by atoms with Crippen LogP contribution in [0.4, 0.5) is 17.5 Å². The molecule has 156 valence electrons. The van der Waals surface area contributed by atoms with Gasteiger partial charge in [-0.25, -0.2) is 9.97 Å². The highest BCUT2D eigenvalue weighted by Gasteiger charge is 2.50. The van der Waals surface area contributed by atoms with E-state index in [0.29, 0.717) is 35.6 Å². The third-order valence-electron chi connectivity index (χ3n) is 5.41. The normalized spacial score (nSPS) is 15.9. The fourth-order valence-corrected chi connectivity index (χ4v) is 3.48. The molecule has 0 spiro atoms. The zero-order valence-electron chi connectivity index (χ0n) is 17.0. The Kier molecular flexibility index (Phi) is 4.75. The quantitative estimate of drug-likeness (QED) is 0.573. The van der Waals surface area contributed by atoms with E-state index in [4.69, 9.17) is 16.6 Å². The average molecular weight is 417 g/mol. The molecule has 8 heteroatoms. The van der Waals surface area contributed by atoms with Crippen molar-refractivity contribution in [1.29, 1.82) is 0 Å². The fraction of sp³-hybridized carbons (Fsp3) is 0.381. The van der Waals surface area contributed by atoms with Crippen LogP contribution in [0.25, 0.3) is 11.4 Å². The van der Waals surface area contributed by atoms with Gasteiger partial charge in [-0.2, -0.15) is 5.10 Å². The van der Waals surface area contributed by atoms with Crippen molar-refractivity contribution in [2.75, 3.05) is 23.3 Å². The van der Waals surface area contributed by atoms with Crippen LogP contribution in [-0.2, 0) is 0 Å². The van der Waals surface area contributed by atoms with E-state index in [1.807, 2.05) is 69.0 Å². The second-order valence-corrected chi connectivity index (χ2v) is 9.02. The van der Waals surface area contributed by atoms with E-state index in [-0.39, 0.29) is 8.27 Å². The van der Waals surface area contributed by atoms with Gasteiger partial charge in [0, 0.05) is 26.2 Å². The largest absolute Gasteiger partial charge is 0.386 e. The van der Waals surface area contributed by atoms with Crippen LogP contribution < -0.4 is 10.2 Å². The number of rotatable bonds is 4. The summed E-state index contributed by atoms with van der Waals surface area (Å²) in [5.41, 5.74) is 0.737. The topological polar surface area (TPSA) is 90.0 Å². The van der Waals surface area contributed by atoms with Crippen LogP contribution in [0.3, 0.4) is 0 Å². The summed E-state index contributed by atoms with van der Waals surface area (Å²) in [6, 6.07) is 11.3. The number of benzene rings is 1. The number of aliphatic hydroxyl groups is 1. The molecule has 2 aromatic heterocycles. The Morgan fingerprint density at radius 1 is 1.17 bits per heavy atom. The summed E-state index contributed by atoms with van der Waals surface area (Å²) in [4.78, 5) is 11.4. The zero-order chi connectivity index (χ0) is 20.8. The summed E-state index contributed by atoms with van der Waals surface area (Å²) in [6.07, 6.45) is 0. The van der Waals surface area contributed by atoms with E-state index in [1.165, 1.54) is 0 Å². The van der Waals surface area contributed by atoms with Gasteiger partial charge in [-0.3, -0.25) is 5.10 Å². The van der Waals surface area contributed by atoms with E-state index >= 15 is 0 Å². The molecule has 4 rings (SSSR count). The van der Waals surface area contributed by atoms with Crippen LogP contribution in [0.5, 0.6) is 0 Å². The lowest BCUT2D eigenvalue weighted by Gasteiger charge is -2.54. The Morgan fingerprint density at radius 3 is 2.52 bits per heavy atom. The van der Waals surface area contributed by atoms with Crippen LogP contribution in [0.1, 0.15) is 29.3 Å². The molecule has 1 fully saturated rings. The van der Waals surface area contributed by atoms with Crippen molar-refractivity contribution < 1.29 is 7.96 Å². The zero-order valence-corrected chi connectivity index (χ0v) is 17.7. The van der Waals surface area contributed by atoms with Gasteiger partial charge in [0.15, 0.2) is 11.6 Å². The molecule has 3 heterocycles. The number of nitrogens with zero attached hydrogens (tertiary/aromatic N) is 4.